The first kappa shape index (κ1) is 20.6. The van der Waals surface area contributed by atoms with Crippen molar-refractivity contribution in [2.75, 3.05) is 20.8 Å². The van der Waals surface area contributed by atoms with Gasteiger partial charge in [-0.3, -0.25) is 14.7 Å². The summed E-state index contributed by atoms with van der Waals surface area (Å²) in [6.07, 6.45) is 3.52. The lowest BCUT2D eigenvalue weighted by molar-refractivity contribution is -0.129. The van der Waals surface area contributed by atoms with E-state index < -0.39 is 11.5 Å². The van der Waals surface area contributed by atoms with E-state index in [4.69, 9.17) is 9.47 Å². The minimum atomic E-state index is -0.785. The fraction of sp³-hybridized carbons (Fsp3) is 0.348. The molecule has 0 saturated carbocycles. The third-order valence-corrected chi connectivity index (χ3v) is 5.43. The predicted octanol–water partition coefficient (Wildman–Crippen LogP) is 3.76. The van der Waals surface area contributed by atoms with Gasteiger partial charge in [0.15, 0.2) is 5.78 Å². The zero-order valence-corrected chi connectivity index (χ0v) is 17.2. The Labute approximate surface area is 171 Å². The van der Waals surface area contributed by atoms with Gasteiger partial charge >= 0.3 is 6.09 Å². The number of carbonyl (C=O) groups excluding carboxylic acids is 2. The molecule has 0 aliphatic carbocycles. The monoisotopic (exact) mass is 394 g/mol. The molecule has 3 rings (SSSR count). The summed E-state index contributed by atoms with van der Waals surface area (Å²) in [5, 5.41) is 0. The lowest BCUT2D eigenvalue weighted by Gasteiger charge is -2.45. The molecule has 1 amide bonds. The normalized spacial score (nSPS) is 19.9. The summed E-state index contributed by atoms with van der Waals surface area (Å²) in [7, 11) is 2.98. The number of pyridine rings is 1. The lowest BCUT2D eigenvalue weighted by atomic mass is 9.71. The number of likely N-dealkylation sites (tertiary alicyclic amines) is 1. The summed E-state index contributed by atoms with van der Waals surface area (Å²) in [6, 6.07) is 12.8. The summed E-state index contributed by atoms with van der Waals surface area (Å²) in [5.41, 5.74) is 1.46. The van der Waals surface area contributed by atoms with Crippen molar-refractivity contribution in [3.05, 3.63) is 65.5 Å². The van der Waals surface area contributed by atoms with Crippen molar-refractivity contribution in [1.82, 2.24) is 9.88 Å². The van der Waals surface area contributed by atoms with Crippen LogP contribution >= 0.6 is 0 Å². The Balaban J connectivity index is 1.95. The van der Waals surface area contributed by atoms with Gasteiger partial charge in [0.05, 0.1) is 32.5 Å². The Morgan fingerprint density at radius 2 is 1.93 bits per heavy atom. The Morgan fingerprint density at radius 1 is 1.21 bits per heavy atom. The zero-order chi connectivity index (χ0) is 21.0. The van der Waals surface area contributed by atoms with E-state index in [9.17, 15) is 9.59 Å². The third kappa shape index (κ3) is 4.31. The smallest absolute Gasteiger partial charge is 0.410 e. The van der Waals surface area contributed by atoms with Gasteiger partial charge in [0.25, 0.3) is 0 Å². The summed E-state index contributed by atoms with van der Waals surface area (Å²) in [4.78, 5) is 31.8. The van der Waals surface area contributed by atoms with Gasteiger partial charge < -0.3 is 9.47 Å². The van der Waals surface area contributed by atoms with Crippen molar-refractivity contribution in [2.45, 2.75) is 26.3 Å². The molecular formula is C23H26N2O4. The van der Waals surface area contributed by atoms with Crippen LogP contribution in [0.3, 0.4) is 0 Å². The number of ketones is 1. The molecule has 0 N–H and O–H groups in total. The standard InChI is InChI=1S/C23H26N2O4/c1-23(2)20(13-16-8-10-19(28-3)11-9-16)25(22(27)29-4)15-17(21(23)26)14-18-7-5-6-12-24-18/h5-12,14,20H,13,15H2,1-4H3/b17-14+. The number of aromatic nitrogens is 1. The molecule has 2 aromatic rings. The summed E-state index contributed by atoms with van der Waals surface area (Å²) < 4.78 is 10.2. The molecule has 0 bridgehead atoms. The van der Waals surface area contributed by atoms with Crippen molar-refractivity contribution < 1.29 is 19.1 Å². The molecule has 1 aliphatic heterocycles. The van der Waals surface area contributed by atoms with Crippen LogP contribution < -0.4 is 4.74 Å². The first-order valence-corrected chi connectivity index (χ1v) is 9.50. The number of nitrogens with zero attached hydrogens (tertiary/aromatic N) is 2. The van der Waals surface area contributed by atoms with Gasteiger partial charge in [-0.15, -0.1) is 0 Å². The molecule has 1 saturated heterocycles. The summed E-state index contributed by atoms with van der Waals surface area (Å²) in [5.74, 6) is 0.778. The predicted molar refractivity (Wildman–Crippen MR) is 111 cm³/mol. The minimum Gasteiger partial charge on any atom is -0.497 e. The average Bonchev–Trinajstić information content (AvgIpc) is 2.74. The maximum absolute atomic E-state index is 13.3. The molecule has 1 aromatic heterocycles. The van der Waals surface area contributed by atoms with Gasteiger partial charge in [-0.2, -0.15) is 0 Å². The third-order valence-electron chi connectivity index (χ3n) is 5.43. The van der Waals surface area contributed by atoms with Gasteiger partial charge in [-0.1, -0.05) is 32.0 Å². The molecule has 1 atom stereocenters. The van der Waals surface area contributed by atoms with E-state index in [2.05, 4.69) is 4.98 Å². The second kappa shape index (κ2) is 8.47. The largest absolute Gasteiger partial charge is 0.497 e. The molecule has 0 spiro atoms. The van der Waals surface area contributed by atoms with Crippen LogP contribution in [-0.2, 0) is 16.0 Å². The number of hydrogen-bond donors (Lipinski definition) is 0. The molecule has 152 valence electrons. The molecule has 2 heterocycles. The number of ether oxygens (including phenoxy) is 2. The molecule has 6 nitrogen and oxygen atoms in total. The number of benzene rings is 1. The van der Waals surface area contributed by atoms with Crippen LogP contribution in [0.15, 0.2) is 54.2 Å². The Kier molecular flexibility index (Phi) is 6.01. The first-order valence-electron chi connectivity index (χ1n) is 9.50. The maximum Gasteiger partial charge on any atom is 0.410 e. The number of hydrogen-bond acceptors (Lipinski definition) is 5. The summed E-state index contributed by atoms with van der Waals surface area (Å²) >= 11 is 0. The van der Waals surface area contributed by atoms with E-state index in [1.165, 1.54) is 7.11 Å². The van der Waals surface area contributed by atoms with Gasteiger partial charge in [-0.05, 0) is 42.3 Å². The van der Waals surface area contributed by atoms with Crippen molar-refractivity contribution in [2.24, 2.45) is 5.41 Å². The van der Waals surface area contributed by atoms with E-state index in [-0.39, 0.29) is 18.4 Å². The Hall–Kier alpha value is -3.15. The maximum atomic E-state index is 13.3. The number of carbonyl (C=O) groups is 2. The molecule has 1 aromatic carbocycles. The fourth-order valence-corrected chi connectivity index (χ4v) is 3.73. The van der Waals surface area contributed by atoms with E-state index in [0.717, 1.165) is 11.3 Å². The topological polar surface area (TPSA) is 68.7 Å². The Morgan fingerprint density at radius 3 is 2.52 bits per heavy atom. The molecule has 1 fully saturated rings. The molecule has 1 aliphatic rings. The van der Waals surface area contributed by atoms with Gasteiger partial charge in [-0.25, -0.2) is 4.79 Å². The quantitative estimate of drug-likeness (QED) is 0.739. The Bertz CT molecular complexity index is 904. The van der Waals surface area contributed by atoms with E-state index in [1.54, 1.807) is 24.3 Å². The number of piperidine rings is 1. The van der Waals surface area contributed by atoms with Crippen LogP contribution in [0.4, 0.5) is 4.79 Å². The van der Waals surface area contributed by atoms with Gasteiger partial charge in [0, 0.05) is 17.2 Å². The zero-order valence-electron chi connectivity index (χ0n) is 17.2. The molecule has 1 unspecified atom stereocenters. The first-order chi connectivity index (χ1) is 13.9. The van der Waals surface area contributed by atoms with Crippen LogP contribution in [0.2, 0.25) is 0 Å². The van der Waals surface area contributed by atoms with E-state index in [0.29, 0.717) is 17.7 Å². The summed E-state index contributed by atoms with van der Waals surface area (Å²) in [6.45, 7) is 3.95. The fourth-order valence-electron chi connectivity index (χ4n) is 3.73. The molecule has 6 heteroatoms. The van der Waals surface area contributed by atoms with Crippen molar-refractivity contribution in [3.63, 3.8) is 0 Å². The lowest BCUT2D eigenvalue weighted by Crippen LogP contribution is -2.58. The highest BCUT2D eigenvalue weighted by Crippen LogP contribution is 2.37. The SMILES string of the molecule is COC(=O)N1C/C(=C\c2ccccn2)C(=O)C(C)(C)C1Cc1ccc(OC)cc1. The second-order valence-electron chi connectivity index (χ2n) is 7.64. The molecule has 0 radical (unpaired) electrons. The van der Waals surface area contributed by atoms with Crippen LogP contribution in [0.5, 0.6) is 5.75 Å². The number of methoxy groups -OCH3 is 2. The van der Waals surface area contributed by atoms with Crippen LogP contribution in [0.25, 0.3) is 6.08 Å². The highest BCUT2D eigenvalue weighted by molar-refractivity contribution is 6.05. The highest BCUT2D eigenvalue weighted by Gasteiger charge is 2.48. The molecular weight excluding hydrogens is 368 g/mol. The number of amides is 1. The molecule has 29 heavy (non-hydrogen) atoms. The van der Waals surface area contributed by atoms with Crippen molar-refractivity contribution in [1.29, 1.82) is 0 Å². The van der Waals surface area contributed by atoms with Crippen LogP contribution in [-0.4, -0.2) is 48.6 Å². The number of Topliss-reactive ketones (excluding diaryl/α,β-unsaturated/α-hetero) is 1. The highest BCUT2D eigenvalue weighted by atomic mass is 16.5. The number of rotatable bonds is 4. The van der Waals surface area contributed by atoms with Crippen LogP contribution in [0.1, 0.15) is 25.1 Å². The average molecular weight is 394 g/mol. The van der Waals surface area contributed by atoms with E-state index in [1.807, 2.05) is 56.3 Å². The minimum absolute atomic E-state index is 0.0156. The van der Waals surface area contributed by atoms with Crippen molar-refractivity contribution >= 4 is 18.0 Å². The van der Waals surface area contributed by atoms with Crippen molar-refractivity contribution in [3.8, 4) is 5.75 Å². The van der Waals surface area contributed by atoms with Crippen LogP contribution in [0, 0.1) is 5.41 Å². The van der Waals surface area contributed by atoms with E-state index >= 15 is 0 Å². The van der Waals surface area contributed by atoms with Gasteiger partial charge in [0.1, 0.15) is 5.75 Å². The van der Waals surface area contributed by atoms with Gasteiger partial charge in [0.2, 0.25) is 0 Å². The second-order valence-corrected chi connectivity index (χ2v) is 7.64.